The topological polar surface area (TPSA) is 30.5 Å². The predicted octanol–water partition coefficient (Wildman–Crippen LogP) is 3.63. The molecule has 0 bridgehead atoms. The maximum atomic E-state index is 12.1. The Morgan fingerprint density at radius 3 is 2.52 bits per heavy atom. The zero-order chi connectivity index (χ0) is 15.8. The molecule has 1 aromatic carbocycles. The van der Waals surface area contributed by atoms with E-state index in [1.165, 1.54) is 0 Å². The van der Waals surface area contributed by atoms with Gasteiger partial charge in [-0.05, 0) is 44.0 Å². The molecule has 1 N–H and O–H groups in total. The number of rotatable bonds is 9. The van der Waals surface area contributed by atoms with Gasteiger partial charge in [0.25, 0.3) is 6.43 Å². The Labute approximate surface area is 125 Å². The minimum absolute atomic E-state index is 0.0308. The number of halogens is 2. The van der Waals surface area contributed by atoms with Crippen LogP contribution in [0.2, 0.25) is 0 Å². The van der Waals surface area contributed by atoms with Gasteiger partial charge in [0.2, 0.25) is 0 Å². The lowest BCUT2D eigenvalue weighted by Gasteiger charge is -2.23. The number of nitrogens with one attached hydrogen (secondary N) is 1. The summed E-state index contributed by atoms with van der Waals surface area (Å²) in [6, 6.07) is 4.12. The van der Waals surface area contributed by atoms with Gasteiger partial charge in [0.1, 0.15) is 12.4 Å². The molecule has 0 saturated carbocycles. The highest BCUT2D eigenvalue weighted by Crippen LogP contribution is 2.31. The van der Waals surface area contributed by atoms with Crippen molar-refractivity contribution in [3.63, 3.8) is 0 Å². The van der Waals surface area contributed by atoms with Crippen LogP contribution in [-0.2, 0) is 4.74 Å². The van der Waals surface area contributed by atoms with Gasteiger partial charge in [0.15, 0.2) is 0 Å². The maximum absolute atomic E-state index is 12.1. The van der Waals surface area contributed by atoms with E-state index in [1.54, 1.807) is 7.11 Å². The Bertz CT molecular complexity index is 439. The summed E-state index contributed by atoms with van der Waals surface area (Å²) in [6.07, 6.45) is -1.79. The van der Waals surface area contributed by atoms with E-state index in [-0.39, 0.29) is 6.04 Å². The van der Waals surface area contributed by atoms with Crippen LogP contribution in [0.25, 0.3) is 0 Å². The van der Waals surface area contributed by atoms with Crippen molar-refractivity contribution in [2.75, 3.05) is 26.9 Å². The van der Waals surface area contributed by atoms with Crippen molar-refractivity contribution in [2.24, 2.45) is 0 Å². The van der Waals surface area contributed by atoms with Crippen molar-refractivity contribution < 1.29 is 18.3 Å². The first-order chi connectivity index (χ1) is 9.99. The van der Waals surface area contributed by atoms with Gasteiger partial charge in [-0.2, -0.15) is 0 Å². The molecule has 0 heterocycles. The molecular formula is C16H25F2NO2. The van der Waals surface area contributed by atoms with E-state index in [0.717, 1.165) is 29.0 Å². The molecule has 3 nitrogen and oxygen atoms in total. The van der Waals surface area contributed by atoms with Crippen LogP contribution in [-0.4, -0.2) is 33.3 Å². The van der Waals surface area contributed by atoms with Crippen molar-refractivity contribution in [1.82, 2.24) is 5.32 Å². The quantitative estimate of drug-likeness (QED) is 0.706. The van der Waals surface area contributed by atoms with E-state index in [2.05, 4.69) is 11.4 Å². The maximum Gasteiger partial charge on any atom is 0.261 e. The Morgan fingerprint density at radius 2 is 1.95 bits per heavy atom. The second-order valence-corrected chi connectivity index (χ2v) is 5.06. The third-order valence-corrected chi connectivity index (χ3v) is 3.31. The lowest BCUT2D eigenvalue weighted by atomic mass is 9.96. The van der Waals surface area contributed by atoms with Crippen LogP contribution in [0.15, 0.2) is 12.1 Å². The van der Waals surface area contributed by atoms with Crippen molar-refractivity contribution >= 4 is 0 Å². The van der Waals surface area contributed by atoms with Gasteiger partial charge in [-0.1, -0.05) is 13.0 Å². The normalized spacial score (nSPS) is 12.7. The van der Waals surface area contributed by atoms with Gasteiger partial charge < -0.3 is 14.8 Å². The molecule has 1 rings (SSSR count). The molecule has 0 aliphatic carbocycles. The number of ether oxygens (including phenoxy) is 2. The average molecular weight is 301 g/mol. The summed E-state index contributed by atoms with van der Waals surface area (Å²) in [6.45, 7) is 6.64. The molecule has 0 aromatic heterocycles. The van der Waals surface area contributed by atoms with Crippen LogP contribution in [0.4, 0.5) is 8.78 Å². The summed E-state index contributed by atoms with van der Waals surface area (Å²) in [5.74, 6) is 0.826. The third kappa shape index (κ3) is 5.59. The summed E-state index contributed by atoms with van der Waals surface area (Å²) in [7, 11) is 1.65. The van der Waals surface area contributed by atoms with Gasteiger partial charge in [0, 0.05) is 18.2 Å². The molecular weight excluding hydrogens is 276 g/mol. The van der Waals surface area contributed by atoms with E-state index in [0.29, 0.717) is 13.0 Å². The average Bonchev–Trinajstić information content (AvgIpc) is 2.41. The van der Waals surface area contributed by atoms with Gasteiger partial charge in [-0.15, -0.1) is 0 Å². The van der Waals surface area contributed by atoms with E-state index in [9.17, 15) is 8.78 Å². The minimum atomic E-state index is -2.42. The SMILES string of the molecule is CCNC(CCOCC(F)F)c1c(C)cc(C)cc1OC. The van der Waals surface area contributed by atoms with Gasteiger partial charge in [-0.3, -0.25) is 0 Å². The molecule has 0 saturated heterocycles. The lowest BCUT2D eigenvalue weighted by Crippen LogP contribution is -2.24. The Hall–Kier alpha value is -1.20. The van der Waals surface area contributed by atoms with E-state index < -0.39 is 13.0 Å². The molecule has 1 atom stereocenters. The second kappa shape index (κ2) is 8.95. The molecule has 120 valence electrons. The number of hydrogen-bond donors (Lipinski definition) is 1. The first-order valence-electron chi connectivity index (χ1n) is 7.24. The van der Waals surface area contributed by atoms with Crippen LogP contribution in [0.1, 0.15) is 36.1 Å². The number of methoxy groups -OCH3 is 1. The molecule has 0 radical (unpaired) electrons. The number of benzene rings is 1. The molecule has 0 amide bonds. The van der Waals surface area contributed by atoms with Crippen LogP contribution in [0.3, 0.4) is 0 Å². The van der Waals surface area contributed by atoms with Crippen molar-refractivity contribution in [2.45, 2.75) is 39.7 Å². The highest BCUT2D eigenvalue weighted by Gasteiger charge is 2.18. The number of aryl methyl sites for hydroxylation is 2. The first-order valence-corrected chi connectivity index (χ1v) is 7.24. The summed E-state index contributed by atoms with van der Waals surface area (Å²) in [5, 5.41) is 3.37. The van der Waals surface area contributed by atoms with Crippen LogP contribution >= 0.6 is 0 Å². The zero-order valence-corrected chi connectivity index (χ0v) is 13.2. The molecule has 21 heavy (non-hydrogen) atoms. The van der Waals surface area contributed by atoms with Crippen molar-refractivity contribution in [3.8, 4) is 5.75 Å². The molecule has 5 heteroatoms. The summed E-state index contributed by atoms with van der Waals surface area (Å²) in [4.78, 5) is 0. The highest BCUT2D eigenvalue weighted by molar-refractivity contribution is 5.45. The Kier molecular flexibility index (Phi) is 7.61. The van der Waals surface area contributed by atoms with Crippen LogP contribution in [0, 0.1) is 13.8 Å². The minimum Gasteiger partial charge on any atom is -0.496 e. The molecule has 0 fully saturated rings. The Balaban J connectivity index is 2.84. The zero-order valence-electron chi connectivity index (χ0n) is 13.2. The standard InChI is InChI=1S/C16H25F2NO2/c1-5-19-13(6-7-21-10-15(17)18)16-12(3)8-11(2)9-14(16)20-4/h8-9,13,15,19H,5-7,10H2,1-4H3. The fraction of sp³-hybridized carbons (Fsp3) is 0.625. The molecule has 1 aromatic rings. The van der Waals surface area contributed by atoms with Crippen molar-refractivity contribution in [1.29, 1.82) is 0 Å². The fourth-order valence-corrected chi connectivity index (χ4v) is 2.52. The highest BCUT2D eigenvalue weighted by atomic mass is 19.3. The summed E-state index contributed by atoms with van der Waals surface area (Å²) >= 11 is 0. The third-order valence-electron chi connectivity index (χ3n) is 3.31. The lowest BCUT2D eigenvalue weighted by molar-refractivity contribution is 0.0143. The summed E-state index contributed by atoms with van der Waals surface area (Å²) in [5.41, 5.74) is 3.34. The van der Waals surface area contributed by atoms with E-state index in [1.807, 2.05) is 26.8 Å². The fourth-order valence-electron chi connectivity index (χ4n) is 2.52. The van der Waals surface area contributed by atoms with Crippen molar-refractivity contribution in [3.05, 3.63) is 28.8 Å². The monoisotopic (exact) mass is 301 g/mol. The number of hydrogen-bond acceptors (Lipinski definition) is 3. The first kappa shape index (κ1) is 17.9. The van der Waals surface area contributed by atoms with Crippen LogP contribution < -0.4 is 10.1 Å². The molecule has 0 aliphatic heterocycles. The van der Waals surface area contributed by atoms with Crippen LogP contribution in [0.5, 0.6) is 5.75 Å². The van der Waals surface area contributed by atoms with Gasteiger partial charge in [-0.25, -0.2) is 8.78 Å². The molecule has 1 unspecified atom stereocenters. The van der Waals surface area contributed by atoms with Gasteiger partial charge in [0.05, 0.1) is 7.11 Å². The summed E-state index contributed by atoms with van der Waals surface area (Å²) < 4.78 is 34.7. The smallest absolute Gasteiger partial charge is 0.261 e. The van der Waals surface area contributed by atoms with Gasteiger partial charge >= 0.3 is 0 Å². The van der Waals surface area contributed by atoms with E-state index >= 15 is 0 Å². The molecule has 0 aliphatic rings. The predicted molar refractivity (Wildman–Crippen MR) is 80.3 cm³/mol. The number of alkyl halides is 2. The largest absolute Gasteiger partial charge is 0.496 e. The Morgan fingerprint density at radius 1 is 1.24 bits per heavy atom. The molecule has 0 spiro atoms. The van der Waals surface area contributed by atoms with E-state index in [4.69, 9.17) is 9.47 Å². The second-order valence-electron chi connectivity index (χ2n) is 5.06.